The Hall–Kier alpha value is -3.71. The third-order valence-electron chi connectivity index (χ3n) is 4.54. The zero-order chi connectivity index (χ0) is 23.1. The number of amides is 1. The average molecular weight is 452 g/mol. The van der Waals surface area contributed by atoms with E-state index >= 15 is 0 Å². The predicted molar refractivity (Wildman–Crippen MR) is 118 cm³/mol. The van der Waals surface area contributed by atoms with Crippen LogP contribution < -0.4 is 10.1 Å². The summed E-state index contributed by atoms with van der Waals surface area (Å²) in [6.45, 7) is 0.264. The maximum Gasteiger partial charge on any atom is 0.264 e. The minimum atomic E-state index is -3.87. The number of hydrogen-bond donors (Lipinski definition) is 1. The standard InChI is InChI=1S/C23H21N3O5S/c1-26(30-2)32(28,29)22-11-4-8-19(13-22)23(27)25-20-9-5-10-21(14-20)31-16-18-7-3-6-17(12-18)15-24/h3-14H,16H2,1-2H3,(H,25,27). The minimum absolute atomic E-state index is 0.0637. The lowest BCUT2D eigenvalue weighted by molar-refractivity contribution is -0.0258. The largest absolute Gasteiger partial charge is 0.489 e. The van der Waals surface area contributed by atoms with Gasteiger partial charge >= 0.3 is 0 Å². The molecule has 0 atom stereocenters. The Bertz CT molecular complexity index is 1270. The lowest BCUT2D eigenvalue weighted by Crippen LogP contribution is -2.26. The van der Waals surface area contributed by atoms with E-state index in [2.05, 4.69) is 11.4 Å². The summed E-state index contributed by atoms with van der Waals surface area (Å²) in [4.78, 5) is 17.4. The lowest BCUT2D eigenvalue weighted by atomic mass is 10.1. The van der Waals surface area contributed by atoms with Crippen LogP contribution in [0.15, 0.2) is 77.7 Å². The molecule has 0 unspecified atom stereocenters. The van der Waals surface area contributed by atoms with E-state index in [0.717, 1.165) is 10.0 Å². The Labute approximate surface area is 186 Å². The van der Waals surface area contributed by atoms with Gasteiger partial charge in [-0.15, -0.1) is 0 Å². The highest BCUT2D eigenvalue weighted by atomic mass is 32.2. The number of benzene rings is 3. The van der Waals surface area contributed by atoms with E-state index < -0.39 is 15.9 Å². The Balaban J connectivity index is 1.71. The summed E-state index contributed by atoms with van der Waals surface area (Å²) in [5.74, 6) is 0.0594. The van der Waals surface area contributed by atoms with Crippen molar-refractivity contribution in [1.82, 2.24) is 4.47 Å². The second-order valence-corrected chi connectivity index (χ2v) is 8.64. The molecule has 3 rings (SSSR count). The second-order valence-electron chi connectivity index (χ2n) is 6.71. The van der Waals surface area contributed by atoms with Gasteiger partial charge in [-0.1, -0.05) is 28.7 Å². The number of nitrogens with one attached hydrogen (secondary N) is 1. The Kier molecular flexibility index (Phi) is 7.22. The number of ether oxygens (including phenoxy) is 1. The van der Waals surface area contributed by atoms with Crippen molar-refractivity contribution >= 4 is 21.6 Å². The smallest absolute Gasteiger partial charge is 0.264 e. The molecule has 0 aliphatic rings. The molecule has 8 nitrogen and oxygen atoms in total. The molecule has 0 fully saturated rings. The van der Waals surface area contributed by atoms with Gasteiger partial charge in [-0.25, -0.2) is 8.42 Å². The summed E-state index contributed by atoms with van der Waals surface area (Å²) in [5, 5.41) is 11.7. The lowest BCUT2D eigenvalue weighted by Gasteiger charge is -2.14. The highest BCUT2D eigenvalue weighted by Crippen LogP contribution is 2.21. The number of carbonyl (C=O) groups is 1. The molecular formula is C23H21N3O5S. The van der Waals surface area contributed by atoms with Crippen molar-refractivity contribution in [2.24, 2.45) is 0 Å². The van der Waals surface area contributed by atoms with E-state index in [-0.39, 0.29) is 17.1 Å². The van der Waals surface area contributed by atoms with Gasteiger partial charge in [-0.05, 0) is 48.0 Å². The Morgan fingerprint density at radius 3 is 2.56 bits per heavy atom. The predicted octanol–water partition coefficient (Wildman–Crippen LogP) is 3.57. The van der Waals surface area contributed by atoms with Crippen LogP contribution >= 0.6 is 0 Å². The summed E-state index contributed by atoms with van der Waals surface area (Å²) >= 11 is 0. The molecule has 0 spiro atoms. The van der Waals surface area contributed by atoms with E-state index in [1.165, 1.54) is 38.4 Å². The first kappa shape index (κ1) is 23.0. The van der Waals surface area contributed by atoms with E-state index in [9.17, 15) is 13.2 Å². The second kappa shape index (κ2) is 10.1. The molecule has 164 valence electrons. The quantitative estimate of drug-likeness (QED) is 0.525. The summed E-state index contributed by atoms with van der Waals surface area (Å²) in [7, 11) is -1.36. The van der Waals surface area contributed by atoms with Crippen molar-refractivity contribution in [3.8, 4) is 11.8 Å². The molecule has 9 heteroatoms. The fraction of sp³-hybridized carbons (Fsp3) is 0.130. The van der Waals surface area contributed by atoms with Crippen LogP contribution in [-0.2, 0) is 21.5 Å². The van der Waals surface area contributed by atoms with Gasteiger partial charge in [0.25, 0.3) is 15.9 Å². The minimum Gasteiger partial charge on any atom is -0.489 e. The van der Waals surface area contributed by atoms with Crippen molar-refractivity contribution < 1.29 is 22.8 Å². The molecule has 0 saturated carbocycles. The summed E-state index contributed by atoms with van der Waals surface area (Å²) in [6, 6.07) is 21.7. The van der Waals surface area contributed by atoms with Gasteiger partial charge in [0.05, 0.1) is 23.6 Å². The number of rotatable bonds is 8. The number of anilines is 1. The zero-order valence-corrected chi connectivity index (χ0v) is 18.3. The van der Waals surface area contributed by atoms with E-state index in [1.807, 2.05) is 6.07 Å². The summed E-state index contributed by atoms with van der Waals surface area (Å²) < 4.78 is 31.3. The molecule has 32 heavy (non-hydrogen) atoms. The van der Waals surface area contributed by atoms with Crippen LogP contribution in [0.25, 0.3) is 0 Å². The molecule has 0 radical (unpaired) electrons. The van der Waals surface area contributed by atoms with Crippen molar-refractivity contribution in [1.29, 1.82) is 5.26 Å². The van der Waals surface area contributed by atoms with E-state index in [4.69, 9.17) is 14.8 Å². The molecular weight excluding hydrogens is 430 g/mol. The van der Waals surface area contributed by atoms with Gasteiger partial charge in [0.2, 0.25) is 0 Å². The maximum atomic E-state index is 12.7. The first-order chi connectivity index (χ1) is 15.3. The average Bonchev–Trinajstić information content (AvgIpc) is 2.82. The van der Waals surface area contributed by atoms with Gasteiger partial charge in [-0.2, -0.15) is 5.26 Å². The number of sulfonamides is 1. The van der Waals surface area contributed by atoms with Gasteiger partial charge in [0.15, 0.2) is 0 Å². The van der Waals surface area contributed by atoms with Gasteiger partial charge in [-0.3, -0.25) is 9.63 Å². The molecule has 3 aromatic rings. The molecule has 0 saturated heterocycles. The molecule has 0 aliphatic carbocycles. The van der Waals surface area contributed by atoms with Crippen LogP contribution in [0.3, 0.4) is 0 Å². The SMILES string of the molecule is CON(C)S(=O)(=O)c1cccc(C(=O)Nc2cccc(OCc3cccc(C#N)c3)c2)c1. The third kappa shape index (κ3) is 5.50. The van der Waals surface area contributed by atoms with E-state index in [0.29, 0.717) is 17.0 Å². The molecule has 0 aliphatic heterocycles. The highest BCUT2D eigenvalue weighted by Gasteiger charge is 2.22. The van der Waals surface area contributed by atoms with Crippen LogP contribution in [0.2, 0.25) is 0 Å². The summed E-state index contributed by atoms with van der Waals surface area (Å²) in [5.41, 5.74) is 2.06. The van der Waals surface area contributed by atoms with Gasteiger partial charge in [0, 0.05) is 24.4 Å². The molecule has 0 aromatic heterocycles. The molecule has 0 heterocycles. The highest BCUT2D eigenvalue weighted by molar-refractivity contribution is 7.89. The number of nitrogens with zero attached hydrogens (tertiary/aromatic N) is 2. The number of carbonyl (C=O) groups excluding carboxylic acids is 1. The molecule has 1 N–H and O–H groups in total. The van der Waals surface area contributed by atoms with Crippen LogP contribution in [0.4, 0.5) is 5.69 Å². The van der Waals surface area contributed by atoms with Crippen LogP contribution in [0.1, 0.15) is 21.5 Å². The molecule has 3 aromatic carbocycles. The first-order valence-corrected chi connectivity index (χ1v) is 10.9. The third-order valence-corrected chi connectivity index (χ3v) is 6.22. The monoisotopic (exact) mass is 451 g/mol. The van der Waals surface area contributed by atoms with Crippen LogP contribution in [-0.4, -0.2) is 33.0 Å². The molecule has 1 amide bonds. The topological polar surface area (TPSA) is 109 Å². The first-order valence-electron chi connectivity index (χ1n) is 9.50. The fourth-order valence-electron chi connectivity index (χ4n) is 2.81. The van der Waals surface area contributed by atoms with Gasteiger partial charge < -0.3 is 10.1 Å². The van der Waals surface area contributed by atoms with Crippen molar-refractivity contribution in [2.75, 3.05) is 19.5 Å². The van der Waals surface area contributed by atoms with Gasteiger partial charge in [0.1, 0.15) is 12.4 Å². The molecule has 0 bridgehead atoms. The number of hydroxylamine groups is 1. The van der Waals surface area contributed by atoms with Crippen LogP contribution in [0, 0.1) is 11.3 Å². The Morgan fingerprint density at radius 2 is 1.81 bits per heavy atom. The fourth-order valence-corrected chi connectivity index (χ4v) is 3.83. The van der Waals surface area contributed by atoms with E-state index in [1.54, 1.807) is 42.5 Å². The van der Waals surface area contributed by atoms with Crippen LogP contribution in [0.5, 0.6) is 5.75 Å². The summed E-state index contributed by atoms with van der Waals surface area (Å²) in [6.07, 6.45) is 0. The van der Waals surface area contributed by atoms with Crippen molar-refractivity contribution in [2.45, 2.75) is 11.5 Å². The maximum absolute atomic E-state index is 12.7. The number of hydrogen-bond acceptors (Lipinski definition) is 6. The van der Waals surface area contributed by atoms with Crippen molar-refractivity contribution in [3.63, 3.8) is 0 Å². The van der Waals surface area contributed by atoms with Crippen molar-refractivity contribution in [3.05, 3.63) is 89.5 Å². The normalized spacial score (nSPS) is 11.1. The zero-order valence-electron chi connectivity index (χ0n) is 17.5. The number of nitriles is 1. The Morgan fingerprint density at radius 1 is 1.06 bits per heavy atom.